The molecule has 6 nitrogen and oxygen atoms in total. The van der Waals surface area contributed by atoms with Crippen LogP contribution in [0.25, 0.3) is 0 Å². The second-order valence-corrected chi connectivity index (χ2v) is 8.30. The predicted octanol–water partition coefficient (Wildman–Crippen LogP) is 3.50. The molecule has 0 unspecified atom stereocenters. The molecule has 2 aromatic rings. The molecule has 0 aliphatic heterocycles. The first-order chi connectivity index (χ1) is 13.4. The number of anilines is 1. The Morgan fingerprint density at radius 2 is 2.18 bits per heavy atom. The summed E-state index contributed by atoms with van der Waals surface area (Å²) in [5, 5.41) is 6.36. The Morgan fingerprint density at radius 1 is 1.39 bits per heavy atom. The number of hydrogen-bond acceptors (Lipinski definition) is 5. The van der Waals surface area contributed by atoms with Gasteiger partial charge in [0.05, 0.1) is 12.2 Å². The topological polar surface area (TPSA) is 93.4 Å². The molecule has 0 radical (unpaired) electrons. The van der Waals surface area contributed by atoms with Crippen LogP contribution in [0.5, 0.6) is 5.75 Å². The van der Waals surface area contributed by atoms with Gasteiger partial charge in [0, 0.05) is 10.4 Å². The number of carbonyl (C=O) groups excluding carboxylic acids is 2. The van der Waals surface area contributed by atoms with E-state index < -0.39 is 5.91 Å². The van der Waals surface area contributed by atoms with Gasteiger partial charge in [-0.3, -0.25) is 14.9 Å². The van der Waals surface area contributed by atoms with Crippen molar-refractivity contribution in [1.82, 2.24) is 5.32 Å². The quantitative estimate of drug-likeness (QED) is 0.648. The van der Waals surface area contributed by atoms with E-state index in [1.165, 1.54) is 11.3 Å². The SMILES string of the molecule is CCOc1cccc(C(=O)NC(=S)Nc2sc3c(c2C(N)=O)CC[C@@H](C)C3)c1. The molecule has 2 amide bonds. The summed E-state index contributed by atoms with van der Waals surface area (Å²) in [5.41, 5.74) is 7.55. The molecular formula is C20H23N3O3S2. The monoisotopic (exact) mass is 417 g/mol. The normalized spacial score (nSPS) is 15.4. The molecule has 0 saturated heterocycles. The van der Waals surface area contributed by atoms with Crippen LogP contribution in [0.15, 0.2) is 24.3 Å². The highest BCUT2D eigenvalue weighted by molar-refractivity contribution is 7.80. The maximum Gasteiger partial charge on any atom is 0.257 e. The molecule has 148 valence electrons. The van der Waals surface area contributed by atoms with E-state index in [0.29, 0.717) is 34.4 Å². The lowest BCUT2D eigenvalue weighted by Crippen LogP contribution is -2.34. The number of nitrogens with two attached hydrogens (primary N) is 1. The van der Waals surface area contributed by atoms with Crippen molar-refractivity contribution in [3.8, 4) is 5.75 Å². The average Bonchev–Trinajstić information content (AvgIpc) is 2.98. The predicted molar refractivity (Wildman–Crippen MR) is 115 cm³/mol. The van der Waals surface area contributed by atoms with Crippen molar-refractivity contribution >= 4 is 45.5 Å². The molecule has 0 saturated carbocycles. The third-order valence-electron chi connectivity index (χ3n) is 4.62. The van der Waals surface area contributed by atoms with Gasteiger partial charge in [-0.1, -0.05) is 13.0 Å². The molecule has 0 bridgehead atoms. The number of thiophene rings is 1. The van der Waals surface area contributed by atoms with Crippen LogP contribution < -0.4 is 21.1 Å². The van der Waals surface area contributed by atoms with Gasteiger partial charge < -0.3 is 15.8 Å². The molecule has 0 fully saturated rings. The molecule has 3 rings (SSSR count). The van der Waals surface area contributed by atoms with E-state index >= 15 is 0 Å². The molecule has 1 aliphatic rings. The number of rotatable bonds is 5. The Labute approximate surface area is 173 Å². The fourth-order valence-electron chi connectivity index (χ4n) is 3.30. The van der Waals surface area contributed by atoms with Gasteiger partial charge >= 0.3 is 0 Å². The third kappa shape index (κ3) is 4.51. The summed E-state index contributed by atoms with van der Waals surface area (Å²) >= 11 is 6.77. The van der Waals surface area contributed by atoms with E-state index in [4.69, 9.17) is 22.7 Å². The first kappa shape index (κ1) is 20.3. The zero-order valence-corrected chi connectivity index (χ0v) is 17.5. The maximum absolute atomic E-state index is 12.5. The second-order valence-electron chi connectivity index (χ2n) is 6.79. The van der Waals surface area contributed by atoms with Crippen LogP contribution in [0.3, 0.4) is 0 Å². The Bertz CT molecular complexity index is 923. The smallest absolute Gasteiger partial charge is 0.257 e. The van der Waals surface area contributed by atoms with Crippen molar-refractivity contribution in [3.05, 3.63) is 45.8 Å². The molecule has 1 aromatic heterocycles. The number of fused-ring (bicyclic) bond motifs is 1. The number of ether oxygens (including phenoxy) is 1. The first-order valence-electron chi connectivity index (χ1n) is 9.18. The number of amides is 2. The van der Waals surface area contributed by atoms with E-state index in [9.17, 15) is 9.59 Å². The summed E-state index contributed by atoms with van der Waals surface area (Å²) in [6.07, 6.45) is 2.78. The summed E-state index contributed by atoms with van der Waals surface area (Å²) in [5.74, 6) is 0.358. The minimum absolute atomic E-state index is 0.126. The van der Waals surface area contributed by atoms with Crippen molar-refractivity contribution in [3.63, 3.8) is 0 Å². The van der Waals surface area contributed by atoms with Crippen molar-refractivity contribution in [2.75, 3.05) is 11.9 Å². The average molecular weight is 418 g/mol. The van der Waals surface area contributed by atoms with Crippen molar-refractivity contribution in [1.29, 1.82) is 0 Å². The summed E-state index contributed by atoms with van der Waals surface area (Å²) in [4.78, 5) is 25.6. The van der Waals surface area contributed by atoms with Gasteiger partial charge in [-0.05, 0) is 68.1 Å². The Hall–Kier alpha value is -2.45. The lowest BCUT2D eigenvalue weighted by Gasteiger charge is -2.18. The van der Waals surface area contributed by atoms with Gasteiger partial charge in [-0.2, -0.15) is 0 Å². The van der Waals surface area contributed by atoms with Crippen molar-refractivity contribution in [2.45, 2.75) is 33.1 Å². The van der Waals surface area contributed by atoms with Gasteiger partial charge in [-0.25, -0.2) is 0 Å². The number of nitrogens with one attached hydrogen (secondary N) is 2. The van der Waals surface area contributed by atoms with Crippen LogP contribution in [0.4, 0.5) is 5.00 Å². The van der Waals surface area contributed by atoms with Gasteiger partial charge in [0.25, 0.3) is 11.8 Å². The van der Waals surface area contributed by atoms with E-state index in [1.54, 1.807) is 24.3 Å². The molecule has 1 aromatic carbocycles. The van der Waals surface area contributed by atoms with E-state index in [2.05, 4.69) is 17.6 Å². The van der Waals surface area contributed by atoms with Crippen LogP contribution in [0, 0.1) is 5.92 Å². The second kappa shape index (κ2) is 8.70. The Balaban J connectivity index is 1.74. The van der Waals surface area contributed by atoms with Crippen molar-refractivity contribution in [2.24, 2.45) is 11.7 Å². The molecule has 0 spiro atoms. The minimum Gasteiger partial charge on any atom is -0.494 e. The zero-order chi connectivity index (χ0) is 20.3. The number of primary amides is 1. The standard InChI is InChI=1S/C20H23N3O3S2/c1-3-26-13-6-4-5-12(10-13)18(25)22-20(27)23-19-16(17(21)24)14-8-7-11(2)9-15(14)28-19/h4-6,10-11H,3,7-9H2,1-2H3,(H2,21,24)(H2,22,23,25,27)/t11-/m1/s1. The highest BCUT2D eigenvalue weighted by Crippen LogP contribution is 2.39. The third-order valence-corrected chi connectivity index (χ3v) is 5.99. The fourth-order valence-corrected chi connectivity index (χ4v) is 4.98. The number of carbonyl (C=O) groups is 2. The largest absolute Gasteiger partial charge is 0.494 e. The van der Waals surface area contributed by atoms with Crippen molar-refractivity contribution < 1.29 is 14.3 Å². The van der Waals surface area contributed by atoms with E-state index in [0.717, 1.165) is 29.7 Å². The van der Waals surface area contributed by atoms with Gasteiger partial charge in [0.15, 0.2) is 5.11 Å². The van der Waals surface area contributed by atoms with Crippen LogP contribution >= 0.6 is 23.6 Å². The Morgan fingerprint density at radius 3 is 2.89 bits per heavy atom. The lowest BCUT2D eigenvalue weighted by atomic mass is 9.88. The van der Waals surface area contributed by atoms with Gasteiger partial charge in [-0.15, -0.1) is 11.3 Å². The summed E-state index contributed by atoms with van der Waals surface area (Å²) < 4.78 is 5.42. The van der Waals surface area contributed by atoms with E-state index in [1.807, 2.05) is 6.92 Å². The van der Waals surface area contributed by atoms with Crippen LogP contribution in [0.2, 0.25) is 0 Å². The number of benzene rings is 1. The highest BCUT2D eigenvalue weighted by atomic mass is 32.1. The zero-order valence-electron chi connectivity index (χ0n) is 15.8. The molecule has 1 aliphatic carbocycles. The van der Waals surface area contributed by atoms with Gasteiger partial charge in [0.2, 0.25) is 0 Å². The molecule has 1 atom stereocenters. The molecule has 28 heavy (non-hydrogen) atoms. The molecule has 4 N–H and O–H groups in total. The fraction of sp³-hybridized carbons (Fsp3) is 0.350. The molecular weight excluding hydrogens is 394 g/mol. The van der Waals surface area contributed by atoms with Crippen LogP contribution in [0.1, 0.15) is 51.4 Å². The highest BCUT2D eigenvalue weighted by Gasteiger charge is 2.27. The van der Waals surface area contributed by atoms with Gasteiger partial charge in [0.1, 0.15) is 10.8 Å². The lowest BCUT2D eigenvalue weighted by molar-refractivity contribution is 0.0975. The number of hydrogen-bond donors (Lipinski definition) is 3. The van der Waals surface area contributed by atoms with Crippen LogP contribution in [-0.2, 0) is 12.8 Å². The first-order valence-corrected chi connectivity index (χ1v) is 10.4. The maximum atomic E-state index is 12.5. The Kier molecular flexibility index (Phi) is 6.31. The summed E-state index contributed by atoms with van der Waals surface area (Å²) in [6, 6.07) is 6.87. The number of thiocarbonyl (C=S) groups is 1. The minimum atomic E-state index is -0.479. The summed E-state index contributed by atoms with van der Waals surface area (Å²) in [6.45, 7) is 4.59. The molecule has 1 heterocycles. The van der Waals surface area contributed by atoms with Crippen LogP contribution in [-0.4, -0.2) is 23.5 Å². The van der Waals surface area contributed by atoms with E-state index in [-0.39, 0.29) is 11.0 Å². The molecule has 8 heteroatoms. The summed E-state index contributed by atoms with van der Waals surface area (Å²) in [7, 11) is 0.